The van der Waals surface area contributed by atoms with Gasteiger partial charge in [0.05, 0.1) is 6.42 Å². The number of carbonyl (C=O) groups excluding carboxylic acids is 2. The van der Waals surface area contributed by atoms with Crippen LogP contribution in [-0.2, 0) is 16.2 Å². The Morgan fingerprint density at radius 1 is 1.06 bits per heavy atom. The smallest absolute Gasteiger partial charge is 0.226 e. The monoisotopic (exact) mass is 464 g/mol. The molecule has 183 valence electrons. The fourth-order valence-electron chi connectivity index (χ4n) is 4.25. The SMILES string of the molecule is CC(C)CN(c1ccc(OCc2ccccc2)cc1)C1CCN(C(=O)[CH]CC(C)C(N)=O)CC1. The third-order valence-corrected chi connectivity index (χ3v) is 6.33. The zero-order valence-electron chi connectivity index (χ0n) is 20.7. The van der Waals surface area contributed by atoms with Crippen molar-refractivity contribution in [2.75, 3.05) is 24.5 Å². The van der Waals surface area contributed by atoms with Gasteiger partial charge in [-0.1, -0.05) is 51.1 Å². The van der Waals surface area contributed by atoms with Crippen molar-refractivity contribution in [1.29, 1.82) is 0 Å². The van der Waals surface area contributed by atoms with Crippen LogP contribution in [0.1, 0.15) is 45.6 Å². The molecule has 2 aromatic carbocycles. The minimum Gasteiger partial charge on any atom is -0.489 e. The summed E-state index contributed by atoms with van der Waals surface area (Å²) >= 11 is 0. The highest BCUT2D eigenvalue weighted by Gasteiger charge is 2.28. The van der Waals surface area contributed by atoms with Crippen molar-refractivity contribution in [3.05, 3.63) is 66.6 Å². The molecule has 6 nitrogen and oxygen atoms in total. The third-order valence-electron chi connectivity index (χ3n) is 6.33. The highest BCUT2D eigenvalue weighted by atomic mass is 16.5. The van der Waals surface area contributed by atoms with Crippen LogP contribution in [0.3, 0.4) is 0 Å². The predicted octanol–water partition coefficient (Wildman–Crippen LogP) is 4.43. The van der Waals surface area contributed by atoms with Gasteiger partial charge in [0.1, 0.15) is 12.4 Å². The Labute approximate surface area is 204 Å². The Kier molecular flexibility index (Phi) is 9.37. The summed E-state index contributed by atoms with van der Waals surface area (Å²) in [4.78, 5) is 28.1. The zero-order valence-corrected chi connectivity index (χ0v) is 20.7. The van der Waals surface area contributed by atoms with E-state index in [0.29, 0.717) is 25.0 Å². The topological polar surface area (TPSA) is 75.9 Å². The normalized spacial score (nSPS) is 15.2. The van der Waals surface area contributed by atoms with Crippen LogP contribution in [0.15, 0.2) is 54.6 Å². The van der Waals surface area contributed by atoms with Crippen LogP contribution in [0.25, 0.3) is 0 Å². The van der Waals surface area contributed by atoms with E-state index in [9.17, 15) is 9.59 Å². The van der Waals surface area contributed by atoms with Crippen LogP contribution in [0.2, 0.25) is 0 Å². The number of hydrogen-bond donors (Lipinski definition) is 1. The Morgan fingerprint density at radius 3 is 2.29 bits per heavy atom. The van der Waals surface area contributed by atoms with Crippen molar-refractivity contribution in [3.63, 3.8) is 0 Å². The van der Waals surface area contributed by atoms with Crippen molar-refractivity contribution in [1.82, 2.24) is 4.90 Å². The van der Waals surface area contributed by atoms with Gasteiger partial charge in [-0.05, 0) is 55.0 Å². The van der Waals surface area contributed by atoms with Crippen molar-refractivity contribution in [2.45, 2.75) is 52.7 Å². The van der Waals surface area contributed by atoms with E-state index in [-0.39, 0.29) is 17.7 Å². The molecular formula is C28H38N3O3. The summed E-state index contributed by atoms with van der Waals surface area (Å²) in [6, 6.07) is 18.9. The number of hydrogen-bond acceptors (Lipinski definition) is 4. The molecule has 0 saturated carbocycles. The average Bonchev–Trinajstić information content (AvgIpc) is 2.85. The molecule has 0 bridgehead atoms. The first-order chi connectivity index (χ1) is 16.3. The van der Waals surface area contributed by atoms with Gasteiger partial charge in [0.15, 0.2) is 0 Å². The molecule has 34 heavy (non-hydrogen) atoms. The summed E-state index contributed by atoms with van der Waals surface area (Å²) in [5.74, 6) is 0.698. The number of benzene rings is 2. The van der Waals surface area contributed by atoms with E-state index >= 15 is 0 Å². The van der Waals surface area contributed by atoms with E-state index in [1.165, 1.54) is 5.69 Å². The number of nitrogens with zero attached hydrogens (tertiary/aromatic N) is 2. The van der Waals surface area contributed by atoms with Gasteiger partial charge in [0.25, 0.3) is 0 Å². The van der Waals surface area contributed by atoms with Gasteiger partial charge >= 0.3 is 0 Å². The first-order valence-corrected chi connectivity index (χ1v) is 12.3. The minimum absolute atomic E-state index is 0.00174. The van der Waals surface area contributed by atoms with Crippen LogP contribution in [0.4, 0.5) is 5.69 Å². The van der Waals surface area contributed by atoms with E-state index in [1.807, 2.05) is 35.2 Å². The number of amides is 2. The molecule has 6 heteroatoms. The molecule has 2 aromatic rings. The molecule has 0 spiro atoms. The number of rotatable bonds is 11. The van der Waals surface area contributed by atoms with Gasteiger partial charge in [-0.3, -0.25) is 9.59 Å². The molecular weight excluding hydrogens is 426 g/mol. The average molecular weight is 465 g/mol. The summed E-state index contributed by atoms with van der Waals surface area (Å²) < 4.78 is 5.95. The maximum atomic E-state index is 12.5. The highest BCUT2D eigenvalue weighted by molar-refractivity contribution is 5.86. The molecule has 1 saturated heterocycles. The lowest BCUT2D eigenvalue weighted by atomic mass is 9.99. The number of anilines is 1. The van der Waals surface area contributed by atoms with Gasteiger partial charge in [0.2, 0.25) is 11.8 Å². The number of ether oxygens (including phenoxy) is 1. The van der Waals surface area contributed by atoms with Crippen molar-refractivity contribution >= 4 is 17.5 Å². The zero-order chi connectivity index (χ0) is 24.5. The fraction of sp³-hybridized carbons (Fsp3) is 0.464. The van der Waals surface area contributed by atoms with Crippen LogP contribution < -0.4 is 15.4 Å². The maximum absolute atomic E-state index is 12.5. The summed E-state index contributed by atoms with van der Waals surface area (Å²) in [5.41, 5.74) is 7.64. The molecule has 1 fully saturated rings. The molecule has 1 aliphatic rings. The molecule has 2 N–H and O–H groups in total. The van der Waals surface area contributed by atoms with E-state index in [2.05, 4.69) is 43.0 Å². The number of likely N-dealkylation sites (tertiary alicyclic amines) is 1. The van der Waals surface area contributed by atoms with Crippen molar-refractivity contribution in [2.24, 2.45) is 17.6 Å². The molecule has 1 heterocycles. The lowest BCUT2D eigenvalue weighted by molar-refractivity contribution is -0.129. The van der Waals surface area contributed by atoms with E-state index < -0.39 is 0 Å². The molecule has 0 aromatic heterocycles. The van der Waals surface area contributed by atoms with Crippen LogP contribution >= 0.6 is 0 Å². The van der Waals surface area contributed by atoms with E-state index in [1.54, 1.807) is 13.3 Å². The van der Waals surface area contributed by atoms with Crippen LogP contribution in [-0.4, -0.2) is 42.4 Å². The highest BCUT2D eigenvalue weighted by Crippen LogP contribution is 2.27. The standard InChI is InChI=1S/C28H38N3O3/c1-21(2)19-31(24-10-12-26(13-11-24)34-20-23-7-5-4-6-8-23)25-15-17-30(18-16-25)27(32)14-9-22(3)28(29)33/h4-8,10-14,21-22,25H,9,15-20H2,1-3H3,(H2,29,33). The summed E-state index contributed by atoms with van der Waals surface area (Å²) in [7, 11) is 0. The van der Waals surface area contributed by atoms with Crippen molar-refractivity contribution in [3.8, 4) is 5.75 Å². The minimum atomic E-state index is -0.372. The van der Waals surface area contributed by atoms with Gasteiger partial charge in [0, 0.05) is 37.3 Å². The van der Waals surface area contributed by atoms with Gasteiger partial charge in [-0.15, -0.1) is 0 Å². The summed E-state index contributed by atoms with van der Waals surface area (Å²) in [5, 5.41) is 0. The van der Waals surface area contributed by atoms with Gasteiger partial charge < -0.3 is 20.3 Å². The quantitative estimate of drug-likeness (QED) is 0.534. The Balaban J connectivity index is 1.56. The first kappa shape index (κ1) is 25.6. The molecule has 1 aliphatic heterocycles. The second-order valence-corrected chi connectivity index (χ2v) is 9.61. The molecule has 1 atom stereocenters. The van der Waals surface area contributed by atoms with Crippen LogP contribution in [0, 0.1) is 18.3 Å². The summed E-state index contributed by atoms with van der Waals surface area (Å²) in [6.45, 7) is 9.17. The summed E-state index contributed by atoms with van der Waals surface area (Å²) in [6.07, 6.45) is 3.84. The predicted molar refractivity (Wildman–Crippen MR) is 136 cm³/mol. The second kappa shape index (κ2) is 12.4. The van der Waals surface area contributed by atoms with Crippen LogP contribution in [0.5, 0.6) is 5.75 Å². The molecule has 1 unspecified atom stereocenters. The number of piperidine rings is 1. The van der Waals surface area contributed by atoms with E-state index in [4.69, 9.17) is 10.5 Å². The number of primary amides is 1. The third kappa shape index (κ3) is 7.51. The lowest BCUT2D eigenvalue weighted by Gasteiger charge is -2.40. The Morgan fingerprint density at radius 2 is 1.71 bits per heavy atom. The number of nitrogens with two attached hydrogens (primary N) is 1. The van der Waals surface area contributed by atoms with Gasteiger partial charge in [-0.2, -0.15) is 0 Å². The van der Waals surface area contributed by atoms with Crippen molar-refractivity contribution < 1.29 is 14.3 Å². The number of carbonyl (C=O) groups is 2. The molecule has 0 aliphatic carbocycles. The molecule has 1 radical (unpaired) electrons. The van der Waals surface area contributed by atoms with Gasteiger partial charge in [-0.25, -0.2) is 0 Å². The maximum Gasteiger partial charge on any atom is 0.226 e. The fourth-order valence-corrected chi connectivity index (χ4v) is 4.25. The van der Waals surface area contributed by atoms with E-state index in [0.717, 1.165) is 43.8 Å². The first-order valence-electron chi connectivity index (χ1n) is 12.3. The second-order valence-electron chi connectivity index (χ2n) is 9.61. The molecule has 2 amide bonds. The molecule has 3 rings (SSSR count). The Hall–Kier alpha value is -3.02. The Bertz CT molecular complexity index is 906. The largest absolute Gasteiger partial charge is 0.489 e. The lowest BCUT2D eigenvalue weighted by Crippen LogP contribution is -2.48.